The first kappa shape index (κ1) is 15.0. The highest BCUT2D eigenvalue weighted by Gasteiger charge is 2.17. The molecule has 120 valence electrons. The van der Waals surface area contributed by atoms with Gasteiger partial charge in [-0.05, 0) is 18.2 Å². The van der Waals surface area contributed by atoms with E-state index in [1.54, 1.807) is 16.8 Å². The number of nitrogens with zero attached hydrogens (tertiary/aromatic N) is 2. The van der Waals surface area contributed by atoms with Gasteiger partial charge >= 0.3 is 5.91 Å². The molecule has 0 aliphatic heterocycles. The summed E-state index contributed by atoms with van der Waals surface area (Å²) in [4.78, 5) is 17.3. The molecule has 0 radical (unpaired) electrons. The second-order valence-electron chi connectivity index (χ2n) is 5.66. The predicted octanol–water partition coefficient (Wildman–Crippen LogP) is 3.57. The first-order chi connectivity index (χ1) is 12.3. The van der Waals surface area contributed by atoms with Crippen LogP contribution in [0, 0.1) is 0 Å². The number of carbonyl (C=O) groups excluding carboxylic acids is 1. The minimum absolute atomic E-state index is 0.166. The van der Waals surface area contributed by atoms with Crippen molar-refractivity contribution in [2.75, 3.05) is 5.43 Å². The van der Waals surface area contributed by atoms with Gasteiger partial charge in [0, 0.05) is 17.2 Å². The van der Waals surface area contributed by atoms with E-state index >= 15 is 0 Å². The highest BCUT2D eigenvalue weighted by atomic mass is 16.2. The predicted molar refractivity (Wildman–Crippen MR) is 97.5 cm³/mol. The van der Waals surface area contributed by atoms with Gasteiger partial charge in [0.2, 0.25) is 6.20 Å². The largest absolute Gasteiger partial charge is 0.305 e. The average molecular weight is 326 g/mol. The maximum Gasteiger partial charge on any atom is 0.305 e. The number of para-hydroxylation sites is 2. The Hall–Kier alpha value is -3.53. The van der Waals surface area contributed by atoms with Crippen molar-refractivity contribution in [2.45, 2.75) is 0 Å². The molecule has 25 heavy (non-hydrogen) atoms. The van der Waals surface area contributed by atoms with Crippen molar-refractivity contribution in [3.05, 3.63) is 96.7 Å². The third kappa shape index (κ3) is 3.10. The summed E-state index contributed by atoms with van der Waals surface area (Å²) < 4.78 is 1.74. The second-order valence-corrected chi connectivity index (χ2v) is 5.66. The number of fused-ring (bicyclic) bond motifs is 1. The van der Waals surface area contributed by atoms with Crippen LogP contribution in [0.1, 0.15) is 10.4 Å². The van der Waals surface area contributed by atoms with E-state index in [0.29, 0.717) is 5.56 Å². The summed E-state index contributed by atoms with van der Waals surface area (Å²) in [6, 6.07) is 26.8. The van der Waals surface area contributed by atoms with Crippen LogP contribution in [0.15, 0.2) is 91.1 Å². The summed E-state index contributed by atoms with van der Waals surface area (Å²) >= 11 is 0. The fourth-order valence-corrected chi connectivity index (χ4v) is 2.72. The van der Waals surface area contributed by atoms with Gasteiger partial charge in [-0.15, -0.1) is 5.43 Å². The fourth-order valence-electron chi connectivity index (χ4n) is 2.72. The van der Waals surface area contributed by atoms with Crippen molar-refractivity contribution in [1.29, 1.82) is 0 Å². The van der Waals surface area contributed by atoms with Crippen molar-refractivity contribution in [3.8, 4) is 11.3 Å². The molecule has 0 atom stereocenters. The van der Waals surface area contributed by atoms with E-state index in [1.807, 2.05) is 79.0 Å². The number of rotatable bonds is 3. The smallest absolute Gasteiger partial charge is 0.264 e. The molecule has 0 bridgehead atoms. The Labute approximate surface area is 145 Å². The number of benzene rings is 3. The summed E-state index contributed by atoms with van der Waals surface area (Å²) in [5, 5.41) is 0. The van der Waals surface area contributed by atoms with Crippen LogP contribution in [0.25, 0.3) is 22.3 Å². The van der Waals surface area contributed by atoms with E-state index in [-0.39, 0.29) is 5.91 Å². The zero-order chi connectivity index (χ0) is 17.1. The highest BCUT2D eigenvalue weighted by Crippen LogP contribution is 2.17. The summed E-state index contributed by atoms with van der Waals surface area (Å²) in [6.07, 6.45) is 1.85. The number of nitrogens with one attached hydrogen (secondary N) is 1. The topological polar surface area (TPSA) is 45.9 Å². The summed E-state index contributed by atoms with van der Waals surface area (Å²) in [5.41, 5.74) is 7.01. The molecule has 0 saturated heterocycles. The number of aromatic nitrogens is 2. The van der Waals surface area contributed by atoms with Gasteiger partial charge in [0.1, 0.15) is 11.2 Å². The average Bonchev–Trinajstić information content (AvgIpc) is 2.69. The van der Waals surface area contributed by atoms with Crippen LogP contribution in [0.3, 0.4) is 0 Å². The third-order valence-electron chi connectivity index (χ3n) is 3.96. The van der Waals surface area contributed by atoms with Crippen molar-refractivity contribution < 1.29 is 9.47 Å². The maximum atomic E-state index is 12.6. The lowest BCUT2D eigenvalue weighted by molar-refractivity contribution is -0.613. The van der Waals surface area contributed by atoms with Crippen LogP contribution in [0.2, 0.25) is 0 Å². The first-order valence-electron chi connectivity index (χ1n) is 8.04. The molecule has 4 nitrogen and oxygen atoms in total. The van der Waals surface area contributed by atoms with E-state index < -0.39 is 0 Å². The van der Waals surface area contributed by atoms with Gasteiger partial charge < -0.3 is 0 Å². The van der Waals surface area contributed by atoms with Gasteiger partial charge in [-0.25, -0.2) is 4.98 Å². The Balaban J connectivity index is 1.80. The summed E-state index contributed by atoms with van der Waals surface area (Å²) in [5.74, 6) is -0.166. The van der Waals surface area contributed by atoms with Gasteiger partial charge in [-0.2, -0.15) is 0 Å². The monoisotopic (exact) mass is 326 g/mol. The van der Waals surface area contributed by atoms with Crippen LogP contribution in [-0.2, 0) is 0 Å². The molecule has 4 aromatic rings. The van der Waals surface area contributed by atoms with Gasteiger partial charge in [0.15, 0.2) is 0 Å². The molecule has 0 unspecified atom stereocenters. The van der Waals surface area contributed by atoms with E-state index in [4.69, 9.17) is 4.98 Å². The molecule has 1 aromatic heterocycles. The number of hydrogen-bond donors (Lipinski definition) is 1. The summed E-state index contributed by atoms with van der Waals surface area (Å²) in [7, 11) is 0. The molecule has 1 amide bonds. The SMILES string of the molecule is O=C(N[n+]1cc(-c2ccccc2)nc2ccccc21)c1ccccc1. The Kier molecular flexibility index (Phi) is 3.92. The van der Waals surface area contributed by atoms with Crippen molar-refractivity contribution in [2.24, 2.45) is 0 Å². The Morgan fingerprint density at radius 2 is 1.44 bits per heavy atom. The molecule has 0 aliphatic carbocycles. The van der Waals surface area contributed by atoms with E-state index in [0.717, 1.165) is 22.3 Å². The minimum Gasteiger partial charge on any atom is -0.264 e. The zero-order valence-corrected chi connectivity index (χ0v) is 13.5. The Morgan fingerprint density at radius 3 is 2.20 bits per heavy atom. The standard InChI is InChI=1S/C21H15N3O/c25-21(17-11-5-2-6-12-17)23-24-15-19(16-9-3-1-4-10-16)22-18-13-7-8-14-20(18)24/h1-15H/p+1. The quantitative estimate of drug-likeness (QED) is 0.585. The molecule has 0 fully saturated rings. The molecule has 0 spiro atoms. The fraction of sp³-hybridized carbons (Fsp3) is 0. The zero-order valence-electron chi connectivity index (χ0n) is 13.5. The van der Waals surface area contributed by atoms with Crippen molar-refractivity contribution in [1.82, 2.24) is 4.98 Å². The van der Waals surface area contributed by atoms with Crippen LogP contribution in [-0.4, -0.2) is 10.9 Å². The lowest BCUT2D eigenvalue weighted by Gasteiger charge is -2.05. The van der Waals surface area contributed by atoms with Gasteiger partial charge in [0.05, 0.1) is 0 Å². The lowest BCUT2D eigenvalue weighted by Crippen LogP contribution is -2.49. The van der Waals surface area contributed by atoms with Crippen LogP contribution in [0.4, 0.5) is 0 Å². The molecule has 0 saturated carbocycles. The van der Waals surface area contributed by atoms with Gasteiger partial charge in [0.25, 0.3) is 5.52 Å². The highest BCUT2D eigenvalue weighted by molar-refractivity contribution is 5.99. The molecule has 4 heteroatoms. The van der Waals surface area contributed by atoms with Crippen LogP contribution < -0.4 is 10.1 Å². The second kappa shape index (κ2) is 6.53. The number of hydrogen-bond acceptors (Lipinski definition) is 2. The lowest BCUT2D eigenvalue weighted by atomic mass is 10.1. The third-order valence-corrected chi connectivity index (χ3v) is 3.96. The number of carbonyl (C=O) groups is 1. The molecule has 3 aromatic carbocycles. The first-order valence-corrected chi connectivity index (χ1v) is 8.04. The van der Waals surface area contributed by atoms with Crippen molar-refractivity contribution >= 4 is 16.9 Å². The minimum atomic E-state index is -0.166. The molecular formula is C21H16N3O+. The molecule has 0 aliphatic rings. The Bertz CT molecular complexity index is 1030. The summed E-state index contributed by atoms with van der Waals surface area (Å²) in [6.45, 7) is 0. The van der Waals surface area contributed by atoms with E-state index in [9.17, 15) is 4.79 Å². The van der Waals surface area contributed by atoms with Crippen LogP contribution >= 0.6 is 0 Å². The van der Waals surface area contributed by atoms with E-state index in [1.165, 1.54) is 0 Å². The molecule has 1 heterocycles. The van der Waals surface area contributed by atoms with Gasteiger partial charge in [-0.1, -0.05) is 65.3 Å². The van der Waals surface area contributed by atoms with Crippen molar-refractivity contribution in [3.63, 3.8) is 0 Å². The van der Waals surface area contributed by atoms with Crippen LogP contribution in [0.5, 0.6) is 0 Å². The maximum absolute atomic E-state index is 12.6. The normalized spacial score (nSPS) is 10.6. The van der Waals surface area contributed by atoms with E-state index in [2.05, 4.69) is 5.43 Å². The Morgan fingerprint density at radius 1 is 0.800 bits per heavy atom. The molecule has 1 N–H and O–H groups in total. The molecule has 4 rings (SSSR count). The van der Waals surface area contributed by atoms with Gasteiger partial charge in [-0.3, -0.25) is 4.79 Å². The number of amides is 1. The molecular weight excluding hydrogens is 310 g/mol.